The summed E-state index contributed by atoms with van der Waals surface area (Å²) in [5.41, 5.74) is 0.816. The number of amides is 1. The van der Waals surface area contributed by atoms with Gasteiger partial charge >= 0.3 is 0 Å². The highest BCUT2D eigenvalue weighted by atomic mass is 32.2. The van der Waals surface area contributed by atoms with Gasteiger partial charge in [-0.3, -0.25) is 4.79 Å². The van der Waals surface area contributed by atoms with Crippen molar-refractivity contribution in [3.63, 3.8) is 0 Å². The van der Waals surface area contributed by atoms with Crippen LogP contribution in [0.3, 0.4) is 0 Å². The molecule has 0 saturated heterocycles. The topological polar surface area (TPSA) is 66.5 Å². The third-order valence-electron chi connectivity index (χ3n) is 4.40. The van der Waals surface area contributed by atoms with E-state index in [1.165, 1.54) is 25.3 Å². The van der Waals surface area contributed by atoms with E-state index in [1.54, 1.807) is 4.90 Å². The molecule has 1 N–H and O–H groups in total. The second-order valence-corrected chi connectivity index (χ2v) is 7.85. The molecule has 2 rings (SSSR count). The molecular formula is C18H26N2O3S. The van der Waals surface area contributed by atoms with Crippen LogP contribution < -0.4 is 4.72 Å². The summed E-state index contributed by atoms with van der Waals surface area (Å²) in [6, 6.07) is 9.53. The Labute approximate surface area is 144 Å². The van der Waals surface area contributed by atoms with Gasteiger partial charge in [-0.15, -0.1) is 0 Å². The Morgan fingerprint density at radius 3 is 2.54 bits per heavy atom. The van der Waals surface area contributed by atoms with Gasteiger partial charge in [0.05, 0.1) is 0 Å². The van der Waals surface area contributed by atoms with Crippen LogP contribution in [0.4, 0.5) is 0 Å². The van der Waals surface area contributed by atoms with Gasteiger partial charge in [-0.25, -0.2) is 13.1 Å². The monoisotopic (exact) mass is 350 g/mol. The average Bonchev–Trinajstić information content (AvgIpc) is 2.61. The standard InChI is InChI=1S/C18H26N2O3S/c1-20(17-10-6-3-7-11-17)18(21)12-14-19-24(22,23)15-13-16-8-4-2-5-9-16/h2,4-5,8-9,13,15,17,19H,3,6-7,10-12,14H2,1H3/b15-13+. The Morgan fingerprint density at radius 2 is 1.88 bits per heavy atom. The predicted molar refractivity (Wildman–Crippen MR) is 96.7 cm³/mol. The fraction of sp³-hybridized carbons (Fsp3) is 0.500. The van der Waals surface area contributed by atoms with Crippen molar-refractivity contribution in [2.24, 2.45) is 0 Å². The molecule has 24 heavy (non-hydrogen) atoms. The van der Waals surface area contributed by atoms with Crippen LogP contribution in [-0.4, -0.2) is 38.9 Å². The quantitative estimate of drug-likeness (QED) is 0.822. The molecule has 1 amide bonds. The fourth-order valence-electron chi connectivity index (χ4n) is 2.93. The second kappa shape index (κ2) is 8.99. The lowest BCUT2D eigenvalue weighted by Gasteiger charge is -2.31. The smallest absolute Gasteiger partial charge is 0.233 e. The molecule has 6 heteroatoms. The van der Waals surface area contributed by atoms with E-state index in [0.717, 1.165) is 23.8 Å². The maximum absolute atomic E-state index is 12.2. The molecule has 1 saturated carbocycles. The molecule has 0 unspecified atom stereocenters. The normalized spacial score (nSPS) is 16.4. The number of hydrogen-bond donors (Lipinski definition) is 1. The first kappa shape index (κ1) is 18.7. The zero-order chi connectivity index (χ0) is 17.4. The lowest BCUT2D eigenvalue weighted by molar-refractivity contribution is -0.132. The minimum atomic E-state index is -3.53. The van der Waals surface area contributed by atoms with Crippen LogP contribution in [0.15, 0.2) is 35.7 Å². The predicted octanol–water partition coefficient (Wildman–Crippen LogP) is 2.76. The molecule has 1 aromatic carbocycles. The molecule has 0 bridgehead atoms. The Balaban J connectivity index is 1.77. The number of carbonyl (C=O) groups is 1. The molecule has 1 aliphatic carbocycles. The highest BCUT2D eigenvalue weighted by Gasteiger charge is 2.21. The molecule has 1 aromatic rings. The third-order valence-corrected chi connectivity index (χ3v) is 5.50. The van der Waals surface area contributed by atoms with Crippen LogP contribution in [-0.2, 0) is 14.8 Å². The van der Waals surface area contributed by atoms with E-state index in [-0.39, 0.29) is 18.9 Å². The van der Waals surface area contributed by atoms with E-state index < -0.39 is 10.0 Å². The summed E-state index contributed by atoms with van der Waals surface area (Å²) in [5.74, 6) is -0.00311. The summed E-state index contributed by atoms with van der Waals surface area (Å²) in [5, 5.41) is 1.14. The van der Waals surface area contributed by atoms with Crippen LogP contribution in [0.1, 0.15) is 44.1 Å². The van der Waals surface area contributed by atoms with Crippen molar-refractivity contribution in [1.82, 2.24) is 9.62 Å². The summed E-state index contributed by atoms with van der Waals surface area (Å²) in [6.45, 7) is 0.122. The van der Waals surface area contributed by atoms with E-state index in [4.69, 9.17) is 0 Å². The second-order valence-electron chi connectivity index (χ2n) is 6.20. The van der Waals surface area contributed by atoms with Gasteiger partial charge in [0, 0.05) is 31.5 Å². The highest BCUT2D eigenvalue weighted by Crippen LogP contribution is 2.21. The molecule has 5 nitrogen and oxygen atoms in total. The Kier molecular flexibility index (Phi) is 6.99. The number of carbonyl (C=O) groups excluding carboxylic acids is 1. The molecule has 1 fully saturated rings. The zero-order valence-electron chi connectivity index (χ0n) is 14.1. The molecule has 0 heterocycles. The van der Waals surface area contributed by atoms with Crippen molar-refractivity contribution in [3.8, 4) is 0 Å². The zero-order valence-corrected chi connectivity index (χ0v) is 15.0. The third kappa shape index (κ3) is 6.09. The van der Waals surface area contributed by atoms with Crippen LogP contribution in [0.5, 0.6) is 0 Å². The average molecular weight is 350 g/mol. The SMILES string of the molecule is CN(C(=O)CCNS(=O)(=O)/C=C/c1ccccc1)C1CCCCC1. The Hall–Kier alpha value is -1.66. The van der Waals surface area contributed by atoms with Crippen LogP contribution in [0.25, 0.3) is 6.08 Å². The maximum atomic E-state index is 12.2. The van der Waals surface area contributed by atoms with Gasteiger partial charge in [0.25, 0.3) is 0 Å². The number of nitrogens with zero attached hydrogens (tertiary/aromatic N) is 1. The summed E-state index contributed by atoms with van der Waals surface area (Å²) in [6.07, 6.45) is 7.40. The summed E-state index contributed by atoms with van der Waals surface area (Å²) in [7, 11) is -1.71. The number of benzene rings is 1. The van der Waals surface area contributed by atoms with Crippen molar-refractivity contribution >= 4 is 22.0 Å². The van der Waals surface area contributed by atoms with E-state index in [2.05, 4.69) is 4.72 Å². The van der Waals surface area contributed by atoms with Gasteiger partial charge in [0.2, 0.25) is 15.9 Å². The first-order valence-electron chi connectivity index (χ1n) is 8.46. The van der Waals surface area contributed by atoms with E-state index >= 15 is 0 Å². The van der Waals surface area contributed by atoms with Gasteiger partial charge in [-0.05, 0) is 24.5 Å². The van der Waals surface area contributed by atoms with Crippen LogP contribution >= 0.6 is 0 Å². The lowest BCUT2D eigenvalue weighted by Crippen LogP contribution is -2.39. The van der Waals surface area contributed by atoms with Gasteiger partial charge in [0.15, 0.2) is 0 Å². The molecule has 0 radical (unpaired) electrons. The summed E-state index contributed by atoms with van der Waals surface area (Å²) in [4.78, 5) is 14.0. The molecule has 0 aromatic heterocycles. The number of hydrogen-bond acceptors (Lipinski definition) is 3. The van der Waals surface area contributed by atoms with Crippen molar-refractivity contribution in [2.75, 3.05) is 13.6 Å². The van der Waals surface area contributed by atoms with Crippen molar-refractivity contribution in [1.29, 1.82) is 0 Å². The largest absolute Gasteiger partial charge is 0.343 e. The first-order valence-corrected chi connectivity index (χ1v) is 10.0. The van der Waals surface area contributed by atoms with Crippen molar-refractivity contribution in [2.45, 2.75) is 44.6 Å². The minimum Gasteiger partial charge on any atom is -0.343 e. The molecule has 0 spiro atoms. The van der Waals surface area contributed by atoms with Gasteiger partial charge < -0.3 is 4.90 Å². The van der Waals surface area contributed by atoms with Gasteiger partial charge in [-0.2, -0.15) is 0 Å². The fourth-order valence-corrected chi connectivity index (χ4v) is 3.75. The highest BCUT2D eigenvalue weighted by molar-refractivity contribution is 7.92. The van der Waals surface area contributed by atoms with Crippen molar-refractivity contribution < 1.29 is 13.2 Å². The molecule has 0 atom stereocenters. The maximum Gasteiger partial charge on any atom is 0.233 e. The Morgan fingerprint density at radius 1 is 1.21 bits per heavy atom. The van der Waals surface area contributed by atoms with Crippen molar-refractivity contribution in [3.05, 3.63) is 41.3 Å². The van der Waals surface area contributed by atoms with Crippen LogP contribution in [0, 0.1) is 0 Å². The lowest BCUT2D eigenvalue weighted by atomic mass is 9.94. The molecule has 0 aliphatic heterocycles. The number of nitrogens with one attached hydrogen (secondary N) is 1. The minimum absolute atomic E-state index is 0.00311. The Bertz CT molecular complexity index is 650. The molecule has 132 valence electrons. The summed E-state index contributed by atoms with van der Waals surface area (Å²) < 4.78 is 26.3. The number of rotatable bonds is 7. The van der Waals surface area contributed by atoms with Gasteiger partial charge in [-0.1, -0.05) is 49.6 Å². The van der Waals surface area contributed by atoms with E-state index in [1.807, 2.05) is 37.4 Å². The first-order chi connectivity index (χ1) is 11.5. The van der Waals surface area contributed by atoms with Crippen LogP contribution in [0.2, 0.25) is 0 Å². The molecular weight excluding hydrogens is 324 g/mol. The van der Waals surface area contributed by atoms with E-state index in [9.17, 15) is 13.2 Å². The van der Waals surface area contributed by atoms with Gasteiger partial charge in [0.1, 0.15) is 0 Å². The van der Waals surface area contributed by atoms with E-state index in [0.29, 0.717) is 6.04 Å². The molecule has 1 aliphatic rings. The summed E-state index contributed by atoms with van der Waals surface area (Å²) >= 11 is 0. The number of sulfonamides is 1.